The molecule has 26 heavy (non-hydrogen) atoms. The summed E-state index contributed by atoms with van der Waals surface area (Å²) in [5.41, 5.74) is 5.87. The first-order valence-corrected chi connectivity index (χ1v) is 9.68. The quantitative estimate of drug-likeness (QED) is 0.545. The van der Waals surface area contributed by atoms with Crippen LogP contribution < -0.4 is 0 Å². The summed E-state index contributed by atoms with van der Waals surface area (Å²) in [6, 6.07) is 8.73. The van der Waals surface area contributed by atoms with Gasteiger partial charge in [0.15, 0.2) is 0 Å². The summed E-state index contributed by atoms with van der Waals surface area (Å²) in [5.74, 6) is 0.727. The van der Waals surface area contributed by atoms with E-state index in [-0.39, 0.29) is 5.82 Å². The number of benzene rings is 1. The van der Waals surface area contributed by atoms with Crippen molar-refractivity contribution in [3.63, 3.8) is 0 Å². The van der Waals surface area contributed by atoms with E-state index in [9.17, 15) is 4.39 Å². The van der Waals surface area contributed by atoms with E-state index in [0.717, 1.165) is 43.1 Å². The topological polar surface area (TPSA) is 25.5 Å². The lowest BCUT2D eigenvalue weighted by atomic mass is 10.1. The van der Waals surface area contributed by atoms with Gasteiger partial charge in [-0.15, -0.1) is 0 Å². The Morgan fingerprint density at radius 3 is 2.77 bits per heavy atom. The molecule has 132 valence electrons. The molecule has 0 radical (unpaired) electrons. The first-order valence-electron chi connectivity index (χ1n) is 8.74. The van der Waals surface area contributed by atoms with Crippen molar-refractivity contribution in [2.75, 3.05) is 6.54 Å². The Morgan fingerprint density at radius 1 is 1.15 bits per heavy atom. The highest BCUT2D eigenvalue weighted by Gasteiger charge is 2.24. The molecule has 0 unspecified atom stereocenters. The van der Waals surface area contributed by atoms with E-state index in [1.165, 1.54) is 29.1 Å². The zero-order valence-corrected chi connectivity index (χ0v) is 15.3. The first-order chi connectivity index (χ1) is 12.7. The van der Waals surface area contributed by atoms with Gasteiger partial charge in [-0.25, -0.2) is 9.37 Å². The fourth-order valence-corrected chi connectivity index (χ4v) is 4.49. The summed E-state index contributed by atoms with van der Waals surface area (Å²) in [4.78, 5) is 7.29. The highest BCUT2D eigenvalue weighted by molar-refractivity contribution is 7.07. The van der Waals surface area contributed by atoms with Crippen LogP contribution in [0.2, 0.25) is 0 Å². The summed E-state index contributed by atoms with van der Waals surface area (Å²) in [5, 5.41) is 4.36. The van der Waals surface area contributed by atoms with Gasteiger partial charge >= 0.3 is 0 Å². The summed E-state index contributed by atoms with van der Waals surface area (Å²) < 4.78 is 17.6. The Labute approximate surface area is 155 Å². The maximum atomic E-state index is 13.2. The smallest absolute Gasteiger partial charge is 0.214 e. The number of rotatable bonds is 3. The molecule has 0 spiro atoms. The molecule has 1 aliphatic heterocycles. The standard InChI is InChI=1S/C20H19FN4S/c1-23-18-6-8-24(10-14-7-9-26-13-14)12-19(18)25-11-17(22-20(23)25)15-2-4-16(21)5-3-15/h2-5,7,9,11,13H,6,8,10,12H2,1H3. The summed E-state index contributed by atoms with van der Waals surface area (Å²) in [6.45, 7) is 2.97. The van der Waals surface area contributed by atoms with Gasteiger partial charge in [0.2, 0.25) is 5.78 Å². The second-order valence-electron chi connectivity index (χ2n) is 6.85. The fourth-order valence-electron chi connectivity index (χ4n) is 3.83. The number of fused-ring (bicyclic) bond motifs is 3. The van der Waals surface area contributed by atoms with Gasteiger partial charge in [-0.05, 0) is 46.7 Å². The number of hydrogen-bond donors (Lipinski definition) is 0. The van der Waals surface area contributed by atoms with E-state index in [1.54, 1.807) is 23.5 Å². The van der Waals surface area contributed by atoms with E-state index in [4.69, 9.17) is 4.98 Å². The van der Waals surface area contributed by atoms with Gasteiger partial charge in [0.1, 0.15) is 5.82 Å². The van der Waals surface area contributed by atoms with Crippen molar-refractivity contribution in [1.82, 2.24) is 18.9 Å². The van der Waals surface area contributed by atoms with Crippen molar-refractivity contribution in [3.05, 3.63) is 70.1 Å². The molecule has 0 atom stereocenters. The van der Waals surface area contributed by atoms with Crippen molar-refractivity contribution in [3.8, 4) is 11.3 Å². The van der Waals surface area contributed by atoms with Crippen LogP contribution in [0.1, 0.15) is 17.0 Å². The molecule has 0 N–H and O–H groups in total. The predicted molar refractivity (Wildman–Crippen MR) is 102 cm³/mol. The number of halogens is 1. The lowest BCUT2D eigenvalue weighted by Gasteiger charge is -2.27. The van der Waals surface area contributed by atoms with Crippen LogP contribution in [0.5, 0.6) is 0 Å². The van der Waals surface area contributed by atoms with E-state index < -0.39 is 0 Å². The zero-order valence-electron chi connectivity index (χ0n) is 14.5. The zero-order chi connectivity index (χ0) is 17.7. The summed E-state index contributed by atoms with van der Waals surface area (Å²) >= 11 is 1.75. The van der Waals surface area contributed by atoms with Gasteiger partial charge in [0, 0.05) is 50.6 Å². The number of imidazole rings is 2. The largest absolute Gasteiger partial charge is 0.317 e. The molecule has 4 aromatic rings. The van der Waals surface area contributed by atoms with Gasteiger partial charge in [-0.2, -0.15) is 11.3 Å². The fraction of sp³-hybridized carbons (Fsp3) is 0.250. The van der Waals surface area contributed by atoms with Gasteiger partial charge in [0.05, 0.1) is 11.4 Å². The lowest BCUT2D eigenvalue weighted by molar-refractivity contribution is 0.239. The number of hydrogen-bond acceptors (Lipinski definition) is 3. The van der Waals surface area contributed by atoms with Crippen LogP contribution in [0.4, 0.5) is 4.39 Å². The molecule has 1 aliphatic rings. The minimum atomic E-state index is -0.223. The monoisotopic (exact) mass is 366 g/mol. The van der Waals surface area contributed by atoms with Crippen LogP contribution in [0.15, 0.2) is 47.3 Å². The molecular weight excluding hydrogens is 347 g/mol. The van der Waals surface area contributed by atoms with E-state index in [1.807, 2.05) is 0 Å². The minimum Gasteiger partial charge on any atom is -0.317 e. The second kappa shape index (κ2) is 6.07. The van der Waals surface area contributed by atoms with Crippen LogP contribution in [-0.2, 0) is 26.6 Å². The Kier molecular flexibility index (Phi) is 3.69. The van der Waals surface area contributed by atoms with Gasteiger partial charge in [0.25, 0.3) is 0 Å². The third kappa shape index (κ3) is 2.57. The van der Waals surface area contributed by atoms with Crippen molar-refractivity contribution in [1.29, 1.82) is 0 Å². The lowest BCUT2D eigenvalue weighted by Crippen LogP contribution is -2.31. The van der Waals surface area contributed by atoms with Gasteiger partial charge in [-0.1, -0.05) is 0 Å². The third-order valence-corrected chi connectivity index (χ3v) is 5.91. The van der Waals surface area contributed by atoms with E-state index in [2.05, 4.69) is 43.9 Å². The normalized spacial score (nSPS) is 14.8. The molecule has 3 aromatic heterocycles. The van der Waals surface area contributed by atoms with Crippen molar-refractivity contribution >= 4 is 17.1 Å². The van der Waals surface area contributed by atoms with Crippen LogP contribution in [-0.4, -0.2) is 25.4 Å². The van der Waals surface area contributed by atoms with Crippen molar-refractivity contribution in [2.24, 2.45) is 7.05 Å². The Morgan fingerprint density at radius 2 is 2.00 bits per heavy atom. The average Bonchev–Trinajstić information content (AvgIpc) is 3.35. The number of aromatic nitrogens is 3. The highest BCUT2D eigenvalue weighted by atomic mass is 32.1. The third-order valence-electron chi connectivity index (χ3n) is 5.18. The van der Waals surface area contributed by atoms with Crippen molar-refractivity contribution < 1.29 is 4.39 Å². The first kappa shape index (κ1) is 15.8. The predicted octanol–water partition coefficient (Wildman–Crippen LogP) is 4.10. The maximum absolute atomic E-state index is 13.2. The van der Waals surface area contributed by atoms with Crippen LogP contribution >= 0.6 is 11.3 Å². The van der Waals surface area contributed by atoms with Crippen LogP contribution in [0, 0.1) is 5.82 Å². The van der Waals surface area contributed by atoms with Gasteiger partial charge in [-0.3, -0.25) is 9.30 Å². The Hall–Kier alpha value is -2.44. The molecule has 1 aromatic carbocycles. The maximum Gasteiger partial charge on any atom is 0.214 e. The van der Waals surface area contributed by atoms with Crippen molar-refractivity contribution in [2.45, 2.75) is 19.5 Å². The molecule has 0 saturated carbocycles. The average molecular weight is 366 g/mol. The number of nitrogens with zero attached hydrogens (tertiary/aromatic N) is 4. The van der Waals surface area contributed by atoms with Gasteiger partial charge < -0.3 is 4.57 Å². The highest BCUT2D eigenvalue weighted by Crippen LogP contribution is 2.27. The van der Waals surface area contributed by atoms with E-state index in [0.29, 0.717) is 0 Å². The molecular formula is C20H19FN4S. The molecule has 0 bridgehead atoms. The second-order valence-corrected chi connectivity index (χ2v) is 7.63. The SMILES string of the molecule is Cn1c2c(n3cc(-c4ccc(F)cc4)nc13)CN(Cc1ccsc1)CC2. The van der Waals surface area contributed by atoms with Crippen LogP contribution in [0.25, 0.3) is 17.0 Å². The molecule has 0 fully saturated rings. The molecule has 0 amide bonds. The minimum absolute atomic E-state index is 0.223. The molecule has 4 heterocycles. The molecule has 4 nitrogen and oxygen atoms in total. The summed E-state index contributed by atoms with van der Waals surface area (Å²) in [6.07, 6.45) is 3.11. The molecule has 0 saturated heterocycles. The number of thiophene rings is 1. The molecule has 5 rings (SSSR count). The molecule has 0 aliphatic carbocycles. The summed E-state index contributed by atoms with van der Waals surface area (Å²) in [7, 11) is 2.09. The molecule has 6 heteroatoms. The number of aryl methyl sites for hydroxylation is 1. The Bertz CT molecular complexity index is 1060. The van der Waals surface area contributed by atoms with Crippen LogP contribution in [0.3, 0.4) is 0 Å². The van der Waals surface area contributed by atoms with E-state index >= 15 is 0 Å². The Balaban J connectivity index is 1.51.